The van der Waals surface area contributed by atoms with E-state index in [0.29, 0.717) is 30.3 Å². The maximum absolute atomic E-state index is 12.3. The van der Waals surface area contributed by atoms with Crippen LogP contribution in [-0.4, -0.2) is 18.7 Å². The summed E-state index contributed by atoms with van der Waals surface area (Å²) in [5.74, 6) is 1.04. The molecule has 172 valence electrons. The van der Waals surface area contributed by atoms with Crippen LogP contribution in [0.15, 0.2) is 88.4 Å². The molecule has 0 bridgehead atoms. The molecule has 0 spiro atoms. The monoisotopic (exact) mass is 628 g/mol. The molecule has 5 nitrogen and oxygen atoms in total. The number of benzene rings is 4. The highest BCUT2D eigenvalue weighted by atomic mass is 127. The van der Waals surface area contributed by atoms with E-state index in [4.69, 9.17) is 9.47 Å². The number of hydrogen-bond donors (Lipinski definition) is 1. The van der Waals surface area contributed by atoms with Crippen molar-refractivity contribution in [1.82, 2.24) is 5.43 Å². The second-order valence-corrected chi connectivity index (χ2v) is 9.52. The van der Waals surface area contributed by atoms with Crippen LogP contribution < -0.4 is 14.9 Å². The van der Waals surface area contributed by atoms with Gasteiger partial charge in [-0.1, -0.05) is 52.3 Å². The molecule has 7 heteroatoms. The Balaban J connectivity index is 1.47. The third kappa shape index (κ3) is 6.15. The van der Waals surface area contributed by atoms with Gasteiger partial charge in [0.25, 0.3) is 5.91 Å². The number of hydrazone groups is 1. The third-order valence-corrected chi connectivity index (χ3v) is 6.34. The highest BCUT2D eigenvalue weighted by Crippen LogP contribution is 2.34. The number of fused-ring (bicyclic) bond motifs is 1. The second-order valence-electron chi connectivity index (χ2n) is 7.44. The Morgan fingerprint density at radius 2 is 1.76 bits per heavy atom. The Morgan fingerprint density at radius 3 is 2.53 bits per heavy atom. The van der Waals surface area contributed by atoms with E-state index in [9.17, 15) is 4.79 Å². The van der Waals surface area contributed by atoms with Crippen molar-refractivity contribution in [3.8, 4) is 11.5 Å². The van der Waals surface area contributed by atoms with Gasteiger partial charge in [0.05, 0.1) is 16.4 Å². The highest BCUT2D eigenvalue weighted by molar-refractivity contribution is 14.1. The lowest BCUT2D eigenvalue weighted by Crippen LogP contribution is -2.17. The van der Waals surface area contributed by atoms with Gasteiger partial charge in [-0.2, -0.15) is 5.10 Å². The summed E-state index contributed by atoms with van der Waals surface area (Å²) >= 11 is 5.59. The Hall–Kier alpha value is -2.91. The van der Waals surface area contributed by atoms with Crippen LogP contribution in [0, 0.1) is 3.57 Å². The molecule has 34 heavy (non-hydrogen) atoms. The summed E-state index contributed by atoms with van der Waals surface area (Å²) in [7, 11) is 0. The van der Waals surface area contributed by atoms with Gasteiger partial charge >= 0.3 is 0 Å². The fourth-order valence-electron chi connectivity index (χ4n) is 3.38. The van der Waals surface area contributed by atoms with E-state index in [0.717, 1.165) is 19.2 Å². The molecule has 1 amide bonds. The number of nitrogens with one attached hydrogen (secondary N) is 1. The average molecular weight is 629 g/mol. The molecule has 0 saturated carbocycles. The van der Waals surface area contributed by atoms with Gasteiger partial charge in [0.15, 0.2) is 11.5 Å². The Labute approximate surface area is 220 Å². The van der Waals surface area contributed by atoms with Crippen molar-refractivity contribution in [2.24, 2.45) is 5.10 Å². The van der Waals surface area contributed by atoms with Crippen molar-refractivity contribution in [2.75, 3.05) is 6.61 Å². The van der Waals surface area contributed by atoms with E-state index in [1.165, 1.54) is 10.8 Å². The van der Waals surface area contributed by atoms with E-state index < -0.39 is 0 Å². The van der Waals surface area contributed by atoms with Gasteiger partial charge in [-0.25, -0.2) is 5.43 Å². The van der Waals surface area contributed by atoms with E-state index in [2.05, 4.69) is 79.4 Å². The summed E-state index contributed by atoms with van der Waals surface area (Å²) in [6, 6.07) is 25.4. The molecule has 0 radical (unpaired) electrons. The van der Waals surface area contributed by atoms with Crippen molar-refractivity contribution in [3.05, 3.63) is 104 Å². The minimum Gasteiger partial charge on any atom is -0.490 e. The van der Waals surface area contributed by atoms with Crippen molar-refractivity contribution >= 4 is 61.4 Å². The predicted molar refractivity (Wildman–Crippen MR) is 148 cm³/mol. The Bertz CT molecular complexity index is 1340. The van der Waals surface area contributed by atoms with Gasteiger partial charge in [0, 0.05) is 10.0 Å². The predicted octanol–water partition coefficient (Wildman–Crippen LogP) is 6.95. The van der Waals surface area contributed by atoms with Gasteiger partial charge in [-0.3, -0.25) is 4.79 Å². The van der Waals surface area contributed by atoms with Crippen LogP contribution >= 0.6 is 38.5 Å². The minimum atomic E-state index is -0.279. The van der Waals surface area contributed by atoms with E-state index in [1.807, 2.05) is 43.3 Å². The minimum absolute atomic E-state index is 0.279. The Morgan fingerprint density at radius 1 is 1.00 bits per heavy atom. The molecule has 4 aromatic carbocycles. The van der Waals surface area contributed by atoms with Gasteiger partial charge in [0.2, 0.25) is 0 Å². The van der Waals surface area contributed by atoms with Crippen LogP contribution in [0.25, 0.3) is 10.8 Å². The van der Waals surface area contributed by atoms with Gasteiger partial charge in [-0.15, -0.1) is 0 Å². The zero-order valence-electron chi connectivity index (χ0n) is 18.4. The van der Waals surface area contributed by atoms with Gasteiger partial charge in [-0.05, 0) is 93.9 Å². The van der Waals surface area contributed by atoms with Crippen LogP contribution in [0.2, 0.25) is 0 Å². The molecule has 0 atom stereocenters. The second kappa shape index (κ2) is 11.5. The first-order valence-electron chi connectivity index (χ1n) is 10.7. The maximum Gasteiger partial charge on any atom is 0.271 e. The number of halogens is 2. The molecule has 0 unspecified atom stereocenters. The van der Waals surface area contributed by atoms with E-state index in [1.54, 1.807) is 18.3 Å². The topological polar surface area (TPSA) is 59.9 Å². The largest absolute Gasteiger partial charge is 0.490 e. The fraction of sp³-hybridized carbons (Fsp3) is 0.111. The molecule has 0 aliphatic heterocycles. The van der Waals surface area contributed by atoms with E-state index in [-0.39, 0.29) is 5.91 Å². The lowest BCUT2D eigenvalue weighted by Gasteiger charge is -2.15. The van der Waals surface area contributed by atoms with Crippen LogP contribution in [0.3, 0.4) is 0 Å². The number of nitrogens with zero attached hydrogens (tertiary/aromatic N) is 1. The number of rotatable bonds is 8. The molecule has 0 aliphatic rings. The molecule has 0 heterocycles. The van der Waals surface area contributed by atoms with Crippen LogP contribution in [-0.2, 0) is 6.61 Å². The SMILES string of the molecule is CCOc1cc(/C=N/NC(=O)c2ccc(Br)cc2)cc(I)c1OCc1ccc2ccccc2c1. The van der Waals surface area contributed by atoms with Crippen molar-refractivity contribution in [2.45, 2.75) is 13.5 Å². The van der Waals surface area contributed by atoms with E-state index >= 15 is 0 Å². The molecule has 4 rings (SSSR count). The molecule has 0 aliphatic carbocycles. The lowest BCUT2D eigenvalue weighted by atomic mass is 10.1. The molecule has 1 N–H and O–H groups in total. The zero-order valence-corrected chi connectivity index (χ0v) is 22.2. The number of carbonyl (C=O) groups is 1. The van der Waals surface area contributed by atoms with Crippen molar-refractivity contribution < 1.29 is 14.3 Å². The third-order valence-electron chi connectivity index (χ3n) is 5.01. The number of hydrogen-bond acceptors (Lipinski definition) is 4. The Kier molecular flexibility index (Phi) is 8.18. The number of carbonyl (C=O) groups excluding carboxylic acids is 1. The number of ether oxygens (including phenoxy) is 2. The summed E-state index contributed by atoms with van der Waals surface area (Å²) in [6.07, 6.45) is 1.59. The summed E-state index contributed by atoms with van der Waals surface area (Å²) in [5.41, 5.74) is 4.96. The molecule has 4 aromatic rings. The van der Waals surface area contributed by atoms with Gasteiger partial charge in [0.1, 0.15) is 6.61 Å². The summed E-state index contributed by atoms with van der Waals surface area (Å²) in [6.45, 7) is 2.86. The van der Waals surface area contributed by atoms with Crippen molar-refractivity contribution in [1.29, 1.82) is 0 Å². The normalized spacial score (nSPS) is 11.0. The molecule has 0 aromatic heterocycles. The zero-order chi connectivity index (χ0) is 23.9. The van der Waals surface area contributed by atoms with Gasteiger partial charge < -0.3 is 9.47 Å². The van der Waals surface area contributed by atoms with Crippen molar-refractivity contribution in [3.63, 3.8) is 0 Å². The standard InChI is InChI=1S/C27H22BrIN2O3/c1-2-33-25-15-19(16-30-31-27(32)21-9-11-23(28)12-10-21)14-24(29)26(25)34-17-18-7-8-20-5-3-4-6-22(20)13-18/h3-16H,2,17H2,1H3,(H,31,32)/b30-16+. The first-order valence-corrected chi connectivity index (χ1v) is 12.6. The quantitative estimate of drug-likeness (QED) is 0.131. The average Bonchev–Trinajstić information content (AvgIpc) is 2.84. The highest BCUT2D eigenvalue weighted by Gasteiger charge is 2.13. The first-order chi connectivity index (χ1) is 16.5. The van der Waals surface area contributed by atoms with Crippen LogP contribution in [0.1, 0.15) is 28.4 Å². The number of amides is 1. The molecule has 0 fully saturated rings. The fourth-order valence-corrected chi connectivity index (χ4v) is 4.43. The summed E-state index contributed by atoms with van der Waals surface area (Å²) in [4.78, 5) is 12.3. The molecule has 0 saturated heterocycles. The smallest absolute Gasteiger partial charge is 0.271 e. The lowest BCUT2D eigenvalue weighted by molar-refractivity contribution is 0.0955. The molecular weight excluding hydrogens is 607 g/mol. The van der Waals surface area contributed by atoms with Crippen LogP contribution in [0.4, 0.5) is 0 Å². The maximum atomic E-state index is 12.3. The first kappa shape index (κ1) is 24.2. The molecular formula is C27H22BrIN2O3. The summed E-state index contributed by atoms with van der Waals surface area (Å²) in [5, 5.41) is 6.48. The van der Waals surface area contributed by atoms with Crippen LogP contribution in [0.5, 0.6) is 11.5 Å². The summed E-state index contributed by atoms with van der Waals surface area (Å²) < 4.78 is 13.8.